The van der Waals surface area contributed by atoms with Crippen LogP contribution in [0.5, 0.6) is 5.75 Å². The molecule has 7 heteroatoms. The molecule has 0 spiro atoms. The van der Waals surface area contributed by atoms with Crippen molar-refractivity contribution in [3.8, 4) is 5.75 Å². The van der Waals surface area contributed by atoms with Crippen LogP contribution in [0.15, 0.2) is 42.5 Å². The second-order valence-electron chi connectivity index (χ2n) is 6.18. The molecule has 1 N–H and O–H groups in total. The van der Waals surface area contributed by atoms with Crippen molar-refractivity contribution in [2.45, 2.75) is 12.2 Å². The van der Waals surface area contributed by atoms with E-state index in [1.54, 1.807) is 0 Å². The van der Waals surface area contributed by atoms with Crippen molar-refractivity contribution in [1.29, 1.82) is 0 Å². The Labute approximate surface area is 162 Å². The minimum Gasteiger partial charge on any atom is -0.491 e. The molecule has 0 radical (unpaired) electrons. The molecule has 2 atom stereocenters. The number of aliphatic hydroxyl groups is 1. The first-order valence-electron chi connectivity index (χ1n) is 8.37. The van der Waals surface area contributed by atoms with Gasteiger partial charge in [0.25, 0.3) is 0 Å². The summed E-state index contributed by atoms with van der Waals surface area (Å²) >= 11 is 11.9. The van der Waals surface area contributed by atoms with E-state index in [1.165, 1.54) is 12.1 Å². The first-order chi connectivity index (χ1) is 12.5. The van der Waals surface area contributed by atoms with E-state index in [0.29, 0.717) is 36.8 Å². The van der Waals surface area contributed by atoms with Gasteiger partial charge in [0.1, 0.15) is 24.3 Å². The molecule has 0 bridgehead atoms. The summed E-state index contributed by atoms with van der Waals surface area (Å²) in [5, 5.41) is 10.6. The lowest BCUT2D eigenvalue weighted by molar-refractivity contribution is -0.0460. The van der Waals surface area contributed by atoms with Crippen LogP contribution in [-0.4, -0.2) is 49.0 Å². The summed E-state index contributed by atoms with van der Waals surface area (Å²) in [4.78, 5) is 2.05. The van der Waals surface area contributed by atoms with Crippen LogP contribution < -0.4 is 4.74 Å². The van der Waals surface area contributed by atoms with Gasteiger partial charge in [-0.3, -0.25) is 4.90 Å². The molecular formula is C19H20Cl2FNO3. The van der Waals surface area contributed by atoms with Gasteiger partial charge in [0, 0.05) is 30.2 Å². The van der Waals surface area contributed by atoms with E-state index in [-0.39, 0.29) is 17.7 Å². The van der Waals surface area contributed by atoms with E-state index in [2.05, 4.69) is 4.90 Å². The van der Waals surface area contributed by atoms with Gasteiger partial charge in [-0.15, -0.1) is 0 Å². The van der Waals surface area contributed by atoms with Gasteiger partial charge in [0.2, 0.25) is 0 Å². The second kappa shape index (κ2) is 9.02. The largest absolute Gasteiger partial charge is 0.491 e. The zero-order valence-corrected chi connectivity index (χ0v) is 15.6. The molecule has 0 saturated carbocycles. The third-order valence-corrected chi connectivity index (χ3v) is 4.81. The molecule has 2 unspecified atom stereocenters. The predicted octanol–water partition coefficient (Wildman–Crippen LogP) is 3.95. The Balaban J connectivity index is 1.56. The summed E-state index contributed by atoms with van der Waals surface area (Å²) in [5.74, 6) is 0.193. The molecule has 1 heterocycles. The average molecular weight is 400 g/mol. The Bertz CT molecular complexity index is 732. The lowest BCUT2D eigenvalue weighted by Crippen LogP contribution is -2.43. The summed E-state index contributed by atoms with van der Waals surface area (Å²) in [5.41, 5.74) is 0.563. The highest BCUT2D eigenvalue weighted by Gasteiger charge is 2.26. The Kier molecular flexibility index (Phi) is 6.73. The quantitative estimate of drug-likeness (QED) is 0.746. The third-order valence-electron chi connectivity index (χ3n) is 4.19. The van der Waals surface area contributed by atoms with E-state index in [1.807, 2.05) is 30.3 Å². The highest BCUT2D eigenvalue weighted by molar-refractivity contribution is 6.35. The van der Waals surface area contributed by atoms with Gasteiger partial charge < -0.3 is 14.6 Å². The van der Waals surface area contributed by atoms with Gasteiger partial charge in [0.15, 0.2) is 0 Å². The normalized spacial score (nSPS) is 19.3. The molecule has 1 aliphatic rings. The first-order valence-corrected chi connectivity index (χ1v) is 9.13. The number of para-hydroxylation sites is 1. The number of halogens is 3. The van der Waals surface area contributed by atoms with Crippen molar-refractivity contribution >= 4 is 23.2 Å². The molecule has 1 fully saturated rings. The molecule has 1 saturated heterocycles. The molecule has 0 aromatic heterocycles. The maximum atomic E-state index is 13.8. The predicted molar refractivity (Wildman–Crippen MR) is 99.5 cm³/mol. The van der Waals surface area contributed by atoms with Crippen molar-refractivity contribution in [2.75, 3.05) is 32.8 Å². The standard InChI is InChI=1S/C19H20Cl2FNO3/c20-16-9-17(21)18(22)8-15(16)19-11-23(6-7-25-19)10-13(24)12-26-14-4-2-1-3-5-14/h1-5,8-9,13,19,24H,6-7,10-12H2. The van der Waals surface area contributed by atoms with E-state index in [9.17, 15) is 9.50 Å². The van der Waals surface area contributed by atoms with Gasteiger partial charge in [-0.25, -0.2) is 4.39 Å². The van der Waals surface area contributed by atoms with Gasteiger partial charge in [-0.2, -0.15) is 0 Å². The Morgan fingerprint density at radius 3 is 2.77 bits per heavy atom. The fraction of sp³-hybridized carbons (Fsp3) is 0.368. The Morgan fingerprint density at radius 1 is 1.23 bits per heavy atom. The van der Waals surface area contributed by atoms with Crippen molar-refractivity contribution < 1.29 is 19.0 Å². The van der Waals surface area contributed by atoms with Crippen molar-refractivity contribution in [1.82, 2.24) is 4.90 Å². The summed E-state index contributed by atoms with van der Waals surface area (Å²) in [6, 6.07) is 12.0. The monoisotopic (exact) mass is 399 g/mol. The number of rotatable bonds is 6. The summed E-state index contributed by atoms with van der Waals surface area (Å²) in [6.07, 6.45) is -1.02. The zero-order chi connectivity index (χ0) is 18.5. The molecule has 2 aromatic carbocycles. The van der Waals surface area contributed by atoms with Crippen molar-refractivity contribution in [2.24, 2.45) is 0 Å². The Hall–Kier alpha value is -1.37. The molecular weight excluding hydrogens is 380 g/mol. The topological polar surface area (TPSA) is 41.9 Å². The summed E-state index contributed by atoms with van der Waals surface area (Å²) in [7, 11) is 0. The SMILES string of the molecule is OC(COc1ccccc1)CN1CCOC(c2cc(F)c(Cl)cc2Cl)C1. The molecule has 1 aliphatic heterocycles. The average Bonchev–Trinajstić information content (AvgIpc) is 2.64. The lowest BCUT2D eigenvalue weighted by atomic mass is 10.1. The maximum absolute atomic E-state index is 13.8. The molecule has 0 aliphatic carbocycles. The van der Waals surface area contributed by atoms with Gasteiger partial charge in [-0.05, 0) is 24.3 Å². The van der Waals surface area contributed by atoms with Crippen LogP contribution in [0.3, 0.4) is 0 Å². The second-order valence-corrected chi connectivity index (χ2v) is 7.00. The number of aliphatic hydroxyl groups excluding tert-OH is 1. The molecule has 140 valence electrons. The van der Waals surface area contributed by atoms with E-state index in [0.717, 1.165) is 5.75 Å². The fourth-order valence-corrected chi connectivity index (χ4v) is 3.41. The molecule has 2 aromatic rings. The summed E-state index contributed by atoms with van der Waals surface area (Å²) in [6.45, 7) is 2.27. The number of nitrogens with zero attached hydrogens (tertiary/aromatic N) is 1. The minimum atomic E-state index is -0.647. The van der Waals surface area contributed by atoms with Crippen molar-refractivity contribution in [3.63, 3.8) is 0 Å². The maximum Gasteiger partial charge on any atom is 0.142 e. The van der Waals surface area contributed by atoms with E-state index < -0.39 is 11.9 Å². The molecule has 4 nitrogen and oxygen atoms in total. The number of benzene rings is 2. The van der Waals surface area contributed by atoms with Gasteiger partial charge in [-0.1, -0.05) is 41.4 Å². The third kappa shape index (κ3) is 5.09. The highest BCUT2D eigenvalue weighted by Crippen LogP contribution is 2.32. The number of β-amino-alcohol motifs (C(OH)–C–C–N with tert-alkyl or cyclic N) is 1. The van der Waals surface area contributed by atoms with Crippen LogP contribution in [0, 0.1) is 5.82 Å². The van der Waals surface area contributed by atoms with Crippen LogP contribution in [0.1, 0.15) is 11.7 Å². The van der Waals surface area contributed by atoms with Gasteiger partial charge in [0.05, 0.1) is 17.7 Å². The van der Waals surface area contributed by atoms with Crippen LogP contribution >= 0.6 is 23.2 Å². The number of hydrogen-bond donors (Lipinski definition) is 1. The van der Waals surface area contributed by atoms with Crippen LogP contribution in [0.4, 0.5) is 4.39 Å². The minimum absolute atomic E-state index is 0.0140. The van der Waals surface area contributed by atoms with E-state index in [4.69, 9.17) is 32.7 Å². The zero-order valence-electron chi connectivity index (χ0n) is 14.1. The summed E-state index contributed by atoms with van der Waals surface area (Å²) < 4.78 is 25.1. The molecule has 26 heavy (non-hydrogen) atoms. The molecule has 3 rings (SSSR count). The molecule has 0 amide bonds. The first kappa shape index (κ1) is 19.4. The van der Waals surface area contributed by atoms with Crippen LogP contribution in [0.25, 0.3) is 0 Å². The smallest absolute Gasteiger partial charge is 0.142 e. The lowest BCUT2D eigenvalue weighted by Gasteiger charge is -2.34. The fourth-order valence-electron chi connectivity index (χ4n) is 2.90. The van der Waals surface area contributed by atoms with Crippen molar-refractivity contribution in [3.05, 3.63) is 63.9 Å². The number of hydrogen-bond acceptors (Lipinski definition) is 4. The van der Waals surface area contributed by atoms with E-state index >= 15 is 0 Å². The van der Waals surface area contributed by atoms with Crippen LogP contribution in [0.2, 0.25) is 10.0 Å². The van der Waals surface area contributed by atoms with Gasteiger partial charge >= 0.3 is 0 Å². The number of ether oxygens (including phenoxy) is 2. The number of morpholine rings is 1. The van der Waals surface area contributed by atoms with Crippen LogP contribution in [-0.2, 0) is 4.74 Å². The highest BCUT2D eigenvalue weighted by atomic mass is 35.5. The Morgan fingerprint density at radius 2 is 2.00 bits per heavy atom.